The highest BCUT2D eigenvalue weighted by Gasteiger charge is 2.22. The van der Waals surface area contributed by atoms with Gasteiger partial charge in [0.1, 0.15) is 16.2 Å². The summed E-state index contributed by atoms with van der Waals surface area (Å²) in [6.07, 6.45) is 0. The summed E-state index contributed by atoms with van der Waals surface area (Å²) in [5, 5.41) is 3.89. The molecule has 0 aliphatic heterocycles. The highest BCUT2D eigenvalue weighted by atomic mass is 35.5. The Kier molecular flexibility index (Phi) is 6.69. The van der Waals surface area contributed by atoms with E-state index in [1.54, 1.807) is 48.5 Å². The number of amides is 1. The Balaban J connectivity index is 1.57. The summed E-state index contributed by atoms with van der Waals surface area (Å²) in [6.45, 7) is 0.0340. The molecule has 0 aliphatic rings. The molecule has 1 aromatic heterocycles. The summed E-state index contributed by atoms with van der Waals surface area (Å²) in [5.41, 5.74) is 1.20. The number of ether oxygens (including phenoxy) is 1. The fraction of sp³-hybridized carbons (Fsp3) is 0.0833. The van der Waals surface area contributed by atoms with Gasteiger partial charge in [0.2, 0.25) is 10.0 Å². The van der Waals surface area contributed by atoms with Gasteiger partial charge < -0.3 is 14.5 Å². The largest absolute Gasteiger partial charge is 0.495 e. The van der Waals surface area contributed by atoms with Gasteiger partial charge in [-0.2, -0.15) is 0 Å². The fourth-order valence-electron chi connectivity index (χ4n) is 3.24. The number of carbonyl (C=O) groups excluding carboxylic acids is 1. The Morgan fingerprint density at radius 3 is 2.50 bits per heavy atom. The quantitative estimate of drug-likeness (QED) is 0.369. The van der Waals surface area contributed by atoms with E-state index in [9.17, 15) is 18.0 Å². The highest BCUT2D eigenvalue weighted by molar-refractivity contribution is 7.89. The van der Waals surface area contributed by atoms with E-state index >= 15 is 0 Å². The zero-order valence-corrected chi connectivity index (χ0v) is 19.4. The van der Waals surface area contributed by atoms with Gasteiger partial charge in [-0.05, 0) is 60.2 Å². The second-order valence-electron chi connectivity index (χ2n) is 7.28. The van der Waals surface area contributed by atoms with Gasteiger partial charge in [0.15, 0.2) is 0 Å². The molecule has 0 fully saturated rings. The number of benzene rings is 3. The van der Waals surface area contributed by atoms with Gasteiger partial charge in [0.25, 0.3) is 5.91 Å². The minimum Gasteiger partial charge on any atom is -0.495 e. The molecular formula is C24H19ClN2O6S. The lowest BCUT2D eigenvalue weighted by Crippen LogP contribution is -2.24. The van der Waals surface area contributed by atoms with Crippen LogP contribution >= 0.6 is 11.6 Å². The average Bonchev–Trinajstić information content (AvgIpc) is 2.83. The van der Waals surface area contributed by atoms with Crippen LogP contribution in [0.4, 0.5) is 5.69 Å². The predicted molar refractivity (Wildman–Crippen MR) is 129 cm³/mol. The molecule has 34 heavy (non-hydrogen) atoms. The number of nitrogens with one attached hydrogen (secondary N) is 2. The van der Waals surface area contributed by atoms with Gasteiger partial charge in [-0.1, -0.05) is 23.7 Å². The normalized spacial score (nSPS) is 11.4. The molecule has 0 radical (unpaired) electrons. The van der Waals surface area contributed by atoms with Crippen LogP contribution in [0.2, 0.25) is 5.02 Å². The molecule has 10 heteroatoms. The van der Waals surface area contributed by atoms with Crippen LogP contribution in [-0.4, -0.2) is 21.4 Å². The molecule has 8 nitrogen and oxygen atoms in total. The minimum absolute atomic E-state index is 0.0340. The van der Waals surface area contributed by atoms with Crippen LogP contribution in [0.1, 0.15) is 15.9 Å². The van der Waals surface area contributed by atoms with Crippen LogP contribution in [0, 0.1) is 0 Å². The Morgan fingerprint density at radius 1 is 1.00 bits per heavy atom. The maximum atomic E-state index is 13.0. The van der Waals surface area contributed by atoms with Crippen molar-refractivity contribution >= 4 is 44.2 Å². The van der Waals surface area contributed by atoms with Crippen LogP contribution in [0.15, 0.2) is 86.9 Å². The van der Waals surface area contributed by atoms with Gasteiger partial charge in [0.05, 0.1) is 7.11 Å². The van der Waals surface area contributed by atoms with Gasteiger partial charge in [0, 0.05) is 34.3 Å². The van der Waals surface area contributed by atoms with Gasteiger partial charge in [-0.25, -0.2) is 17.9 Å². The summed E-state index contributed by atoms with van der Waals surface area (Å²) in [7, 11) is -2.66. The van der Waals surface area contributed by atoms with E-state index in [-0.39, 0.29) is 22.8 Å². The van der Waals surface area contributed by atoms with E-state index in [0.29, 0.717) is 27.2 Å². The Labute approximate surface area is 200 Å². The van der Waals surface area contributed by atoms with Crippen LogP contribution in [0.25, 0.3) is 11.0 Å². The molecule has 4 aromatic rings. The topological polar surface area (TPSA) is 115 Å². The summed E-state index contributed by atoms with van der Waals surface area (Å²) in [4.78, 5) is 24.0. The van der Waals surface area contributed by atoms with Crippen molar-refractivity contribution in [3.63, 3.8) is 0 Å². The van der Waals surface area contributed by atoms with E-state index < -0.39 is 21.6 Å². The number of halogens is 1. The second kappa shape index (κ2) is 9.68. The number of fused-ring (bicyclic) bond motifs is 1. The Bertz CT molecular complexity index is 1530. The van der Waals surface area contributed by atoms with Crippen LogP contribution < -0.4 is 20.4 Å². The maximum absolute atomic E-state index is 13.0. The first-order chi connectivity index (χ1) is 16.2. The lowest BCUT2D eigenvalue weighted by atomic mass is 10.1. The van der Waals surface area contributed by atoms with E-state index in [0.717, 1.165) is 0 Å². The van der Waals surface area contributed by atoms with Crippen molar-refractivity contribution < 1.29 is 22.4 Å². The molecule has 2 N–H and O–H groups in total. The molecule has 1 amide bonds. The monoisotopic (exact) mass is 498 g/mol. The maximum Gasteiger partial charge on any atom is 0.336 e. The Morgan fingerprint density at radius 2 is 1.76 bits per heavy atom. The summed E-state index contributed by atoms with van der Waals surface area (Å²) in [6, 6.07) is 18.5. The SMILES string of the molecule is COc1ccc(C(=O)Nc2ccc3oc(=O)ccc3c2)cc1S(=O)(=O)NCc1ccc(Cl)cc1. The molecule has 174 valence electrons. The van der Waals surface area contributed by atoms with Crippen molar-refractivity contribution in [2.24, 2.45) is 0 Å². The van der Waals surface area contributed by atoms with Gasteiger partial charge in [-0.3, -0.25) is 4.79 Å². The van der Waals surface area contributed by atoms with Crippen LogP contribution in [-0.2, 0) is 16.6 Å². The zero-order chi connectivity index (χ0) is 24.3. The third kappa shape index (κ3) is 5.28. The minimum atomic E-state index is -4.00. The molecule has 0 atom stereocenters. The lowest BCUT2D eigenvalue weighted by molar-refractivity contribution is 0.102. The summed E-state index contributed by atoms with van der Waals surface area (Å²) in [5.74, 6) is -0.422. The van der Waals surface area contributed by atoms with Gasteiger partial charge in [-0.15, -0.1) is 0 Å². The Hall–Kier alpha value is -3.66. The number of rotatable bonds is 7. The molecule has 3 aromatic carbocycles. The zero-order valence-electron chi connectivity index (χ0n) is 17.9. The van der Waals surface area contributed by atoms with Crippen molar-refractivity contribution in [2.75, 3.05) is 12.4 Å². The van der Waals surface area contributed by atoms with E-state index in [4.69, 9.17) is 20.8 Å². The van der Waals surface area contributed by atoms with Crippen molar-refractivity contribution in [1.29, 1.82) is 0 Å². The van der Waals surface area contributed by atoms with E-state index in [1.807, 2.05) is 0 Å². The first-order valence-electron chi connectivity index (χ1n) is 10.0. The summed E-state index contributed by atoms with van der Waals surface area (Å²) >= 11 is 5.87. The molecule has 0 aliphatic carbocycles. The second-order valence-corrected chi connectivity index (χ2v) is 9.45. The number of methoxy groups -OCH3 is 1. The third-order valence-electron chi connectivity index (χ3n) is 4.97. The first kappa shape index (κ1) is 23.5. The van der Waals surface area contributed by atoms with Crippen LogP contribution in [0.3, 0.4) is 0 Å². The predicted octanol–water partition coefficient (Wildman–Crippen LogP) is 4.19. The van der Waals surface area contributed by atoms with E-state index in [2.05, 4.69) is 10.0 Å². The number of sulfonamides is 1. The standard InChI is InChI=1S/C24H19ClN2O6S/c1-32-21-9-4-17(13-22(21)34(30,31)26-14-15-2-6-18(25)7-3-15)24(29)27-19-8-10-20-16(12-19)5-11-23(28)33-20/h2-13,26H,14H2,1H3,(H,27,29). The van der Waals surface area contributed by atoms with Crippen LogP contribution in [0.5, 0.6) is 5.75 Å². The molecule has 0 saturated heterocycles. The molecule has 0 spiro atoms. The van der Waals surface area contributed by atoms with Crippen molar-refractivity contribution in [2.45, 2.75) is 11.4 Å². The number of carbonyl (C=O) groups is 1. The number of hydrogen-bond acceptors (Lipinski definition) is 6. The smallest absolute Gasteiger partial charge is 0.336 e. The lowest BCUT2D eigenvalue weighted by Gasteiger charge is -2.13. The molecule has 1 heterocycles. The fourth-order valence-corrected chi connectivity index (χ4v) is 4.58. The summed E-state index contributed by atoms with van der Waals surface area (Å²) < 4.78 is 38.7. The van der Waals surface area contributed by atoms with Crippen molar-refractivity contribution in [1.82, 2.24) is 4.72 Å². The average molecular weight is 499 g/mol. The molecule has 0 unspecified atom stereocenters. The van der Waals surface area contributed by atoms with Crippen molar-refractivity contribution in [3.05, 3.63) is 99.4 Å². The number of hydrogen-bond donors (Lipinski definition) is 2. The molecule has 0 bridgehead atoms. The van der Waals surface area contributed by atoms with E-state index in [1.165, 1.54) is 31.4 Å². The highest BCUT2D eigenvalue weighted by Crippen LogP contribution is 2.26. The van der Waals surface area contributed by atoms with Crippen molar-refractivity contribution in [3.8, 4) is 5.75 Å². The molecular weight excluding hydrogens is 480 g/mol. The molecule has 0 saturated carbocycles. The van der Waals surface area contributed by atoms with Gasteiger partial charge >= 0.3 is 5.63 Å². The third-order valence-corrected chi connectivity index (χ3v) is 6.65. The molecule has 4 rings (SSSR count). The number of anilines is 1. The first-order valence-corrected chi connectivity index (χ1v) is 11.9.